The van der Waals surface area contributed by atoms with E-state index in [9.17, 15) is 4.39 Å². The van der Waals surface area contributed by atoms with Crippen molar-refractivity contribution in [2.24, 2.45) is 5.73 Å². The number of hydrogen-bond acceptors (Lipinski definition) is 3. The van der Waals surface area contributed by atoms with E-state index in [1.807, 2.05) is 19.1 Å². The van der Waals surface area contributed by atoms with Crippen molar-refractivity contribution < 1.29 is 9.13 Å². The molecular weight excluding hydrogens is 231 g/mol. The molecule has 1 aromatic carbocycles. The summed E-state index contributed by atoms with van der Waals surface area (Å²) in [5.41, 5.74) is 8.01. The normalized spacial score (nSPS) is 10.4. The van der Waals surface area contributed by atoms with E-state index in [1.165, 1.54) is 6.07 Å². The molecular formula is C14H15FN2O. The number of aryl methyl sites for hydroxylation is 1. The number of pyridine rings is 1. The summed E-state index contributed by atoms with van der Waals surface area (Å²) in [6.45, 7) is 2.52. The third-order valence-corrected chi connectivity index (χ3v) is 2.71. The van der Waals surface area contributed by atoms with Crippen LogP contribution in [0, 0.1) is 12.7 Å². The van der Waals surface area contributed by atoms with Crippen LogP contribution < -0.4 is 10.5 Å². The standard InChI is InChI=1S/C14H15FN2O/c1-10-3-2-6-17-13(10)9-18-14-5-4-11(8-16)7-12(14)15/h2-7H,8-9,16H2,1H3. The van der Waals surface area contributed by atoms with Crippen LogP contribution in [0.5, 0.6) is 5.75 Å². The first-order valence-electron chi connectivity index (χ1n) is 5.72. The third-order valence-electron chi connectivity index (χ3n) is 2.71. The molecule has 0 bridgehead atoms. The number of aromatic nitrogens is 1. The molecule has 0 spiro atoms. The summed E-state index contributed by atoms with van der Waals surface area (Å²) in [7, 11) is 0. The van der Waals surface area contributed by atoms with Crippen molar-refractivity contribution in [1.82, 2.24) is 4.98 Å². The molecule has 1 aromatic heterocycles. The van der Waals surface area contributed by atoms with E-state index >= 15 is 0 Å². The van der Waals surface area contributed by atoms with Crippen molar-refractivity contribution in [3.05, 3.63) is 59.2 Å². The maximum atomic E-state index is 13.6. The Hall–Kier alpha value is -1.94. The fourth-order valence-electron chi connectivity index (χ4n) is 1.60. The minimum atomic E-state index is -0.397. The molecule has 2 N–H and O–H groups in total. The highest BCUT2D eigenvalue weighted by Crippen LogP contribution is 2.19. The summed E-state index contributed by atoms with van der Waals surface area (Å²) in [6, 6.07) is 8.54. The molecule has 4 heteroatoms. The predicted octanol–water partition coefficient (Wildman–Crippen LogP) is 2.57. The van der Waals surface area contributed by atoms with Crippen molar-refractivity contribution in [1.29, 1.82) is 0 Å². The second-order valence-corrected chi connectivity index (χ2v) is 4.02. The lowest BCUT2D eigenvalue weighted by Gasteiger charge is -2.09. The van der Waals surface area contributed by atoms with E-state index in [0.717, 1.165) is 16.8 Å². The minimum Gasteiger partial charge on any atom is -0.484 e. The van der Waals surface area contributed by atoms with Crippen LogP contribution in [0.4, 0.5) is 4.39 Å². The van der Waals surface area contributed by atoms with Gasteiger partial charge in [-0.2, -0.15) is 0 Å². The lowest BCUT2D eigenvalue weighted by atomic mass is 10.2. The Bertz CT molecular complexity index is 543. The largest absolute Gasteiger partial charge is 0.484 e. The van der Waals surface area contributed by atoms with Crippen molar-refractivity contribution in [2.75, 3.05) is 0 Å². The number of nitrogens with two attached hydrogens (primary N) is 1. The van der Waals surface area contributed by atoms with Crippen LogP contribution in [-0.2, 0) is 13.2 Å². The summed E-state index contributed by atoms with van der Waals surface area (Å²) >= 11 is 0. The van der Waals surface area contributed by atoms with Crippen molar-refractivity contribution in [3.63, 3.8) is 0 Å². The van der Waals surface area contributed by atoms with Crippen molar-refractivity contribution in [2.45, 2.75) is 20.1 Å². The van der Waals surface area contributed by atoms with Crippen LogP contribution in [0.25, 0.3) is 0 Å². The van der Waals surface area contributed by atoms with Crippen LogP contribution in [0.3, 0.4) is 0 Å². The molecule has 2 aromatic rings. The molecule has 94 valence electrons. The quantitative estimate of drug-likeness (QED) is 0.902. The SMILES string of the molecule is Cc1cccnc1COc1ccc(CN)cc1F. The number of hydrogen-bond donors (Lipinski definition) is 1. The van der Waals surface area contributed by atoms with E-state index < -0.39 is 5.82 Å². The lowest BCUT2D eigenvalue weighted by molar-refractivity contribution is 0.285. The molecule has 0 radical (unpaired) electrons. The smallest absolute Gasteiger partial charge is 0.165 e. The van der Waals surface area contributed by atoms with Crippen LogP contribution in [0.15, 0.2) is 36.5 Å². The van der Waals surface area contributed by atoms with Gasteiger partial charge in [0, 0.05) is 12.7 Å². The monoisotopic (exact) mass is 246 g/mol. The zero-order valence-corrected chi connectivity index (χ0v) is 10.2. The van der Waals surface area contributed by atoms with Gasteiger partial charge in [-0.3, -0.25) is 4.98 Å². The molecule has 18 heavy (non-hydrogen) atoms. The molecule has 0 atom stereocenters. The second-order valence-electron chi connectivity index (χ2n) is 4.02. The van der Waals surface area contributed by atoms with E-state index in [0.29, 0.717) is 6.54 Å². The van der Waals surface area contributed by atoms with E-state index in [2.05, 4.69) is 4.98 Å². The van der Waals surface area contributed by atoms with Gasteiger partial charge in [0.2, 0.25) is 0 Å². The minimum absolute atomic E-state index is 0.220. The number of ether oxygens (including phenoxy) is 1. The summed E-state index contributed by atoms with van der Waals surface area (Å²) in [5.74, 6) is -0.177. The Morgan fingerprint density at radius 3 is 2.83 bits per heavy atom. The Kier molecular flexibility index (Phi) is 3.89. The maximum Gasteiger partial charge on any atom is 0.165 e. The molecule has 0 aliphatic heterocycles. The average molecular weight is 246 g/mol. The third kappa shape index (κ3) is 2.84. The molecule has 0 aliphatic carbocycles. The molecule has 1 heterocycles. The van der Waals surface area contributed by atoms with Gasteiger partial charge in [0.25, 0.3) is 0 Å². The van der Waals surface area contributed by atoms with Gasteiger partial charge < -0.3 is 10.5 Å². The fraction of sp³-hybridized carbons (Fsp3) is 0.214. The highest BCUT2D eigenvalue weighted by Gasteiger charge is 2.06. The van der Waals surface area contributed by atoms with E-state index in [1.54, 1.807) is 18.3 Å². The van der Waals surface area contributed by atoms with E-state index in [4.69, 9.17) is 10.5 Å². The van der Waals surface area contributed by atoms with Gasteiger partial charge in [0.1, 0.15) is 6.61 Å². The lowest BCUT2D eigenvalue weighted by Crippen LogP contribution is -2.03. The highest BCUT2D eigenvalue weighted by atomic mass is 19.1. The van der Waals surface area contributed by atoms with Gasteiger partial charge in [-0.15, -0.1) is 0 Å². The van der Waals surface area contributed by atoms with Gasteiger partial charge in [0.05, 0.1) is 5.69 Å². The first-order valence-corrected chi connectivity index (χ1v) is 5.72. The number of rotatable bonds is 4. The summed E-state index contributed by atoms with van der Waals surface area (Å²) < 4.78 is 19.1. The maximum absolute atomic E-state index is 13.6. The summed E-state index contributed by atoms with van der Waals surface area (Å²) in [4.78, 5) is 4.19. The first kappa shape index (κ1) is 12.5. The summed E-state index contributed by atoms with van der Waals surface area (Å²) in [6.07, 6.45) is 1.69. The fourth-order valence-corrected chi connectivity index (χ4v) is 1.60. The number of nitrogens with zero attached hydrogens (tertiary/aromatic N) is 1. The van der Waals surface area contributed by atoms with Gasteiger partial charge in [-0.05, 0) is 36.2 Å². The first-order chi connectivity index (χ1) is 8.70. The Morgan fingerprint density at radius 2 is 2.17 bits per heavy atom. The highest BCUT2D eigenvalue weighted by molar-refractivity contribution is 5.29. The van der Waals surface area contributed by atoms with Gasteiger partial charge in [-0.25, -0.2) is 4.39 Å². The molecule has 3 nitrogen and oxygen atoms in total. The average Bonchev–Trinajstić information content (AvgIpc) is 2.39. The molecule has 0 aliphatic rings. The Morgan fingerprint density at radius 1 is 1.33 bits per heavy atom. The topological polar surface area (TPSA) is 48.1 Å². The van der Waals surface area contributed by atoms with Crippen LogP contribution in [0.2, 0.25) is 0 Å². The van der Waals surface area contributed by atoms with Gasteiger partial charge in [-0.1, -0.05) is 12.1 Å². The number of benzene rings is 1. The van der Waals surface area contributed by atoms with Crippen molar-refractivity contribution >= 4 is 0 Å². The molecule has 0 saturated carbocycles. The zero-order chi connectivity index (χ0) is 13.0. The van der Waals surface area contributed by atoms with Crippen molar-refractivity contribution in [3.8, 4) is 5.75 Å². The Labute approximate surface area is 105 Å². The van der Waals surface area contributed by atoms with Crippen LogP contribution in [0.1, 0.15) is 16.8 Å². The molecule has 0 unspecified atom stereocenters. The predicted molar refractivity (Wildman–Crippen MR) is 67.6 cm³/mol. The summed E-state index contributed by atoms with van der Waals surface area (Å²) in [5, 5.41) is 0. The number of halogens is 1. The van der Waals surface area contributed by atoms with Crippen LogP contribution >= 0.6 is 0 Å². The van der Waals surface area contributed by atoms with E-state index in [-0.39, 0.29) is 12.4 Å². The van der Waals surface area contributed by atoms with Crippen LogP contribution in [-0.4, -0.2) is 4.98 Å². The molecule has 0 fully saturated rings. The van der Waals surface area contributed by atoms with Gasteiger partial charge >= 0.3 is 0 Å². The molecule has 2 rings (SSSR count). The molecule has 0 saturated heterocycles. The Balaban J connectivity index is 2.09. The second kappa shape index (κ2) is 5.60. The van der Waals surface area contributed by atoms with Gasteiger partial charge in [0.15, 0.2) is 11.6 Å². The zero-order valence-electron chi connectivity index (χ0n) is 10.2. The molecule has 0 amide bonds.